The molecule has 160 valence electrons. The van der Waals surface area contributed by atoms with E-state index in [0.29, 0.717) is 0 Å². The summed E-state index contributed by atoms with van der Waals surface area (Å²) in [5, 5.41) is 8.28. The number of ether oxygens (including phenoxy) is 1. The molecular weight excluding hydrogens is 396 g/mol. The standard InChI is InChI=1S/C8H10N2O3.C6H6N2O3.C4H6N2/c1-3-13-8(12)6(11)7-9-4-5-10(7)2;1-8-3-2-7-5(8)4(9)6(10)11;1-6-3-2-5-4-6/h4-5H,3H2,1-2H3;2-3H,1H3,(H,10,11);2-4H,1H3. The van der Waals surface area contributed by atoms with E-state index >= 15 is 0 Å². The molecule has 0 amide bonds. The average molecular weight is 418 g/mol. The molecule has 0 aliphatic rings. The maximum atomic E-state index is 11.3. The third-order valence-corrected chi connectivity index (χ3v) is 3.34. The lowest BCUT2D eigenvalue weighted by Crippen LogP contribution is -2.20. The normalized spacial score (nSPS) is 9.47. The maximum Gasteiger partial charge on any atom is 0.383 e. The average Bonchev–Trinajstić information content (AvgIpc) is 3.45. The van der Waals surface area contributed by atoms with Crippen molar-refractivity contribution in [3.63, 3.8) is 0 Å². The topological polar surface area (TPSA) is 151 Å². The van der Waals surface area contributed by atoms with Crippen LogP contribution in [-0.2, 0) is 35.5 Å². The molecule has 0 unspecified atom stereocenters. The monoisotopic (exact) mass is 418 g/mol. The van der Waals surface area contributed by atoms with E-state index in [-0.39, 0.29) is 18.3 Å². The zero-order valence-electron chi connectivity index (χ0n) is 16.9. The number of carbonyl (C=O) groups excluding carboxylic acids is 3. The Bertz CT molecular complexity index is 989. The number of ketones is 2. The number of aryl methyl sites for hydroxylation is 3. The first-order chi connectivity index (χ1) is 14.2. The molecule has 0 saturated carbocycles. The van der Waals surface area contributed by atoms with Crippen LogP contribution in [0.4, 0.5) is 0 Å². The number of esters is 1. The number of carboxylic acids is 1. The Hall–Kier alpha value is -4.09. The predicted octanol–water partition coefficient (Wildman–Crippen LogP) is 0.273. The van der Waals surface area contributed by atoms with E-state index in [0.717, 1.165) is 0 Å². The predicted molar refractivity (Wildman–Crippen MR) is 103 cm³/mol. The molecular formula is C18H22N6O6. The first-order valence-corrected chi connectivity index (χ1v) is 8.54. The van der Waals surface area contributed by atoms with Crippen molar-refractivity contribution in [1.82, 2.24) is 28.7 Å². The van der Waals surface area contributed by atoms with Crippen molar-refractivity contribution in [2.24, 2.45) is 21.1 Å². The van der Waals surface area contributed by atoms with Gasteiger partial charge in [-0.05, 0) is 6.92 Å². The molecule has 0 atom stereocenters. The summed E-state index contributed by atoms with van der Waals surface area (Å²) in [6.07, 6.45) is 11.3. The summed E-state index contributed by atoms with van der Waals surface area (Å²) in [5.74, 6) is -4.01. The second-order valence-corrected chi connectivity index (χ2v) is 5.64. The van der Waals surface area contributed by atoms with Gasteiger partial charge in [0.2, 0.25) is 0 Å². The Morgan fingerprint density at radius 2 is 1.43 bits per heavy atom. The minimum atomic E-state index is -1.49. The van der Waals surface area contributed by atoms with Crippen molar-refractivity contribution in [2.45, 2.75) is 6.92 Å². The number of aliphatic carboxylic acids is 1. The molecule has 3 rings (SSSR count). The Kier molecular flexibility index (Phi) is 9.33. The molecule has 0 fully saturated rings. The molecule has 0 aromatic carbocycles. The van der Waals surface area contributed by atoms with E-state index in [1.54, 1.807) is 39.7 Å². The van der Waals surface area contributed by atoms with Crippen LogP contribution in [0.25, 0.3) is 0 Å². The second kappa shape index (κ2) is 11.7. The summed E-state index contributed by atoms with van der Waals surface area (Å²) in [6.45, 7) is 1.83. The van der Waals surface area contributed by atoms with E-state index in [1.165, 1.54) is 27.7 Å². The van der Waals surface area contributed by atoms with Crippen molar-refractivity contribution in [3.8, 4) is 0 Å². The highest BCUT2D eigenvalue weighted by Gasteiger charge is 2.21. The van der Waals surface area contributed by atoms with Crippen LogP contribution in [0.3, 0.4) is 0 Å². The number of carbonyl (C=O) groups is 4. The second-order valence-electron chi connectivity index (χ2n) is 5.64. The molecule has 0 aliphatic heterocycles. The summed E-state index contributed by atoms with van der Waals surface area (Å²) in [6, 6.07) is 0. The number of rotatable bonds is 5. The van der Waals surface area contributed by atoms with Crippen LogP contribution in [0.1, 0.15) is 28.2 Å². The van der Waals surface area contributed by atoms with Gasteiger partial charge in [-0.25, -0.2) is 24.5 Å². The van der Waals surface area contributed by atoms with Gasteiger partial charge in [-0.1, -0.05) is 0 Å². The fourth-order valence-electron chi connectivity index (χ4n) is 1.88. The van der Waals surface area contributed by atoms with E-state index in [4.69, 9.17) is 5.11 Å². The lowest BCUT2D eigenvalue weighted by Gasteiger charge is -1.99. The Morgan fingerprint density at radius 3 is 1.73 bits per heavy atom. The summed E-state index contributed by atoms with van der Waals surface area (Å²) in [4.78, 5) is 54.2. The molecule has 3 heterocycles. The maximum absolute atomic E-state index is 11.3. The summed E-state index contributed by atoms with van der Waals surface area (Å²) >= 11 is 0. The van der Waals surface area contributed by atoms with Crippen LogP contribution in [0, 0.1) is 0 Å². The number of hydrogen-bond acceptors (Lipinski definition) is 8. The van der Waals surface area contributed by atoms with Crippen LogP contribution >= 0.6 is 0 Å². The first kappa shape index (κ1) is 23.9. The smallest absolute Gasteiger partial charge is 0.383 e. The molecule has 0 aliphatic carbocycles. The zero-order valence-corrected chi connectivity index (χ0v) is 16.9. The van der Waals surface area contributed by atoms with Crippen molar-refractivity contribution >= 4 is 23.5 Å². The van der Waals surface area contributed by atoms with E-state index < -0.39 is 23.5 Å². The third kappa shape index (κ3) is 7.14. The quantitative estimate of drug-likeness (QED) is 0.350. The SMILES string of the molecule is CCOC(=O)C(=O)c1nccn1C.Cn1ccnc1.Cn1ccnc1C(=O)C(=O)O. The van der Waals surface area contributed by atoms with Gasteiger partial charge in [-0.15, -0.1) is 0 Å². The van der Waals surface area contributed by atoms with E-state index in [2.05, 4.69) is 19.7 Å². The minimum absolute atomic E-state index is 0.0579. The van der Waals surface area contributed by atoms with E-state index in [9.17, 15) is 19.2 Å². The fraction of sp³-hybridized carbons (Fsp3) is 0.278. The van der Waals surface area contributed by atoms with E-state index in [1.807, 2.05) is 17.8 Å². The zero-order chi connectivity index (χ0) is 22.7. The number of carboxylic acid groups (broad SMARTS) is 1. The van der Waals surface area contributed by atoms with Crippen LogP contribution in [0.15, 0.2) is 43.5 Å². The van der Waals surface area contributed by atoms with Gasteiger partial charge in [0.05, 0.1) is 12.9 Å². The highest BCUT2D eigenvalue weighted by Crippen LogP contribution is 1.97. The molecule has 12 heteroatoms. The van der Waals surface area contributed by atoms with Gasteiger partial charge in [0.1, 0.15) is 0 Å². The van der Waals surface area contributed by atoms with Crippen molar-refractivity contribution < 1.29 is 29.0 Å². The highest BCUT2D eigenvalue weighted by atomic mass is 16.5. The lowest BCUT2D eigenvalue weighted by atomic mass is 10.4. The minimum Gasteiger partial charge on any atom is -0.475 e. The van der Waals surface area contributed by atoms with Gasteiger partial charge in [-0.3, -0.25) is 9.59 Å². The summed E-state index contributed by atoms with van der Waals surface area (Å²) < 4.78 is 9.26. The molecule has 3 aromatic heterocycles. The van der Waals surface area contributed by atoms with Crippen molar-refractivity contribution in [2.75, 3.05) is 6.61 Å². The third-order valence-electron chi connectivity index (χ3n) is 3.34. The van der Waals surface area contributed by atoms with Crippen molar-refractivity contribution in [3.05, 3.63) is 55.2 Å². The Labute approximate surface area is 171 Å². The van der Waals surface area contributed by atoms with Crippen LogP contribution in [0.5, 0.6) is 0 Å². The van der Waals surface area contributed by atoms with Gasteiger partial charge >= 0.3 is 23.5 Å². The van der Waals surface area contributed by atoms with Crippen LogP contribution in [-0.4, -0.2) is 63.9 Å². The van der Waals surface area contributed by atoms with Gasteiger partial charge < -0.3 is 23.5 Å². The molecule has 30 heavy (non-hydrogen) atoms. The van der Waals surface area contributed by atoms with Crippen LogP contribution in [0.2, 0.25) is 0 Å². The van der Waals surface area contributed by atoms with Gasteiger partial charge in [-0.2, -0.15) is 0 Å². The van der Waals surface area contributed by atoms with Crippen molar-refractivity contribution in [1.29, 1.82) is 0 Å². The summed E-state index contributed by atoms with van der Waals surface area (Å²) in [5.41, 5.74) is 0. The molecule has 1 N–H and O–H groups in total. The lowest BCUT2D eigenvalue weighted by molar-refractivity contribution is -0.137. The number of Topliss-reactive ketones (excluding diaryl/α,β-unsaturated/α-hetero) is 2. The highest BCUT2D eigenvalue weighted by molar-refractivity contribution is 6.39. The molecule has 0 radical (unpaired) electrons. The Morgan fingerprint density at radius 1 is 0.900 bits per heavy atom. The van der Waals surface area contributed by atoms with Gasteiger partial charge in [0.15, 0.2) is 11.6 Å². The molecule has 0 bridgehead atoms. The molecule has 0 saturated heterocycles. The number of imidazole rings is 3. The molecule has 0 spiro atoms. The number of nitrogens with zero attached hydrogens (tertiary/aromatic N) is 6. The first-order valence-electron chi connectivity index (χ1n) is 8.54. The summed E-state index contributed by atoms with van der Waals surface area (Å²) in [7, 11) is 5.13. The van der Waals surface area contributed by atoms with Crippen LogP contribution < -0.4 is 0 Å². The number of aromatic nitrogens is 6. The number of hydrogen-bond donors (Lipinski definition) is 1. The molecule has 3 aromatic rings. The fourth-order valence-corrected chi connectivity index (χ4v) is 1.88. The molecule has 12 nitrogen and oxygen atoms in total. The van der Waals surface area contributed by atoms with Gasteiger partial charge in [0.25, 0.3) is 0 Å². The Balaban J connectivity index is 0.000000239. The van der Waals surface area contributed by atoms with Gasteiger partial charge in [0, 0.05) is 58.3 Å². The largest absolute Gasteiger partial charge is 0.475 e.